The first-order valence-corrected chi connectivity index (χ1v) is 13.4. The summed E-state index contributed by atoms with van der Waals surface area (Å²) in [6.45, 7) is 7.92. The van der Waals surface area contributed by atoms with Crippen molar-refractivity contribution in [1.82, 2.24) is 0 Å². The molecule has 4 aromatic carbocycles. The van der Waals surface area contributed by atoms with Gasteiger partial charge in [0.15, 0.2) is 0 Å². The van der Waals surface area contributed by atoms with E-state index in [-0.39, 0.29) is 12.2 Å². The predicted octanol–water partition coefficient (Wildman–Crippen LogP) is 7.63. The highest BCUT2D eigenvalue weighted by Crippen LogP contribution is 2.45. The van der Waals surface area contributed by atoms with Crippen molar-refractivity contribution < 1.29 is 18.9 Å². The summed E-state index contributed by atoms with van der Waals surface area (Å²) >= 11 is 0. The summed E-state index contributed by atoms with van der Waals surface area (Å²) in [6, 6.07) is 32.9. The average molecular weight is 524 g/mol. The minimum absolute atomic E-state index is 0.310. The van der Waals surface area contributed by atoms with E-state index >= 15 is 0 Å². The zero-order valence-corrected chi connectivity index (χ0v) is 23.1. The third kappa shape index (κ3) is 6.44. The molecule has 5 heteroatoms. The van der Waals surface area contributed by atoms with Crippen LogP contribution in [0.25, 0.3) is 0 Å². The van der Waals surface area contributed by atoms with Crippen molar-refractivity contribution in [1.29, 1.82) is 0 Å². The third-order valence-corrected chi connectivity index (χ3v) is 7.26. The van der Waals surface area contributed by atoms with Gasteiger partial charge in [0.05, 0.1) is 20.3 Å². The highest BCUT2D eigenvalue weighted by molar-refractivity contribution is 5.54. The maximum Gasteiger partial charge on any atom is 0.132 e. The minimum Gasteiger partial charge on any atom is -0.497 e. The second-order valence-corrected chi connectivity index (χ2v) is 10.5. The van der Waals surface area contributed by atoms with E-state index in [1.807, 2.05) is 42.5 Å². The number of nitrogens with one attached hydrogen (secondary N) is 1. The van der Waals surface area contributed by atoms with Crippen molar-refractivity contribution in [3.05, 3.63) is 125 Å². The zero-order chi connectivity index (χ0) is 27.2. The van der Waals surface area contributed by atoms with Crippen LogP contribution in [0.2, 0.25) is 0 Å². The molecule has 1 aliphatic rings. The van der Waals surface area contributed by atoms with Crippen LogP contribution in [0.5, 0.6) is 11.5 Å². The maximum atomic E-state index is 6.66. The van der Waals surface area contributed by atoms with Gasteiger partial charge in [-0.05, 0) is 73.4 Å². The molecule has 1 heterocycles. The Labute approximate surface area is 231 Å². The topological polar surface area (TPSA) is 49.0 Å². The molecule has 0 spiro atoms. The van der Waals surface area contributed by atoms with Gasteiger partial charge >= 0.3 is 0 Å². The number of fused-ring (bicyclic) bond motifs is 1. The van der Waals surface area contributed by atoms with E-state index in [4.69, 9.17) is 18.9 Å². The first kappa shape index (κ1) is 26.8. The SMILES string of the molecule is COc1ccc(CNc2ccc3c(c2)C(OCc2ccccc2)C(OCc2ccccc2C)C(C)(C)O3)cc1. The number of aryl methyl sites for hydroxylation is 1. The molecule has 1 N–H and O–H groups in total. The van der Waals surface area contributed by atoms with Crippen molar-refractivity contribution in [3.8, 4) is 11.5 Å². The Hall–Kier alpha value is -3.80. The molecule has 0 aromatic heterocycles. The van der Waals surface area contributed by atoms with E-state index in [1.165, 1.54) is 11.1 Å². The second-order valence-electron chi connectivity index (χ2n) is 10.5. The lowest BCUT2D eigenvalue weighted by molar-refractivity contribution is -0.170. The number of anilines is 1. The Morgan fingerprint density at radius 3 is 2.28 bits per heavy atom. The molecule has 4 aromatic rings. The summed E-state index contributed by atoms with van der Waals surface area (Å²) in [5, 5.41) is 3.55. The van der Waals surface area contributed by atoms with Gasteiger partial charge in [0.25, 0.3) is 0 Å². The van der Waals surface area contributed by atoms with Crippen LogP contribution in [0.1, 0.15) is 47.8 Å². The maximum absolute atomic E-state index is 6.66. The van der Waals surface area contributed by atoms with Gasteiger partial charge in [-0.1, -0.05) is 66.7 Å². The summed E-state index contributed by atoms with van der Waals surface area (Å²) in [5.41, 5.74) is 6.06. The van der Waals surface area contributed by atoms with Gasteiger partial charge in [0.2, 0.25) is 0 Å². The Balaban J connectivity index is 1.41. The zero-order valence-electron chi connectivity index (χ0n) is 23.1. The standard InChI is InChI=1S/C34H37NO4/c1-24-10-8-9-13-27(24)23-38-33-32(37-22-26-11-6-5-7-12-26)30-20-28(16-19-31(30)39-34(33,2)3)35-21-25-14-17-29(36-4)18-15-25/h5-20,32-33,35H,21-23H2,1-4H3. The molecule has 1 aliphatic heterocycles. The Bertz CT molecular complexity index is 1370. The second kappa shape index (κ2) is 11.9. The van der Waals surface area contributed by atoms with Gasteiger partial charge in [0.1, 0.15) is 29.3 Å². The number of benzene rings is 4. The fraction of sp³-hybridized carbons (Fsp3) is 0.294. The molecule has 0 radical (unpaired) electrons. The van der Waals surface area contributed by atoms with Crippen LogP contribution in [0.3, 0.4) is 0 Å². The fourth-order valence-corrected chi connectivity index (χ4v) is 4.97. The first-order chi connectivity index (χ1) is 18.9. The normalized spacial score (nSPS) is 17.6. The van der Waals surface area contributed by atoms with Crippen LogP contribution >= 0.6 is 0 Å². The summed E-state index contributed by atoms with van der Waals surface area (Å²) in [7, 11) is 1.68. The average Bonchev–Trinajstić information content (AvgIpc) is 2.95. The van der Waals surface area contributed by atoms with E-state index in [1.54, 1.807) is 7.11 Å². The minimum atomic E-state index is -0.588. The molecule has 0 aliphatic carbocycles. The van der Waals surface area contributed by atoms with Crippen LogP contribution in [0, 0.1) is 6.92 Å². The van der Waals surface area contributed by atoms with E-state index in [0.717, 1.165) is 33.9 Å². The van der Waals surface area contributed by atoms with Gasteiger partial charge in [0, 0.05) is 17.8 Å². The van der Waals surface area contributed by atoms with Crippen molar-refractivity contribution in [2.75, 3.05) is 12.4 Å². The Morgan fingerprint density at radius 1 is 0.795 bits per heavy atom. The van der Waals surface area contributed by atoms with Crippen LogP contribution < -0.4 is 14.8 Å². The highest BCUT2D eigenvalue weighted by atomic mass is 16.6. The summed E-state index contributed by atoms with van der Waals surface area (Å²) < 4.78 is 25.1. The monoisotopic (exact) mass is 523 g/mol. The summed E-state index contributed by atoms with van der Waals surface area (Å²) in [5.74, 6) is 1.67. The van der Waals surface area contributed by atoms with E-state index in [0.29, 0.717) is 19.8 Å². The number of ether oxygens (including phenoxy) is 4. The van der Waals surface area contributed by atoms with Crippen molar-refractivity contribution in [3.63, 3.8) is 0 Å². The van der Waals surface area contributed by atoms with Crippen LogP contribution in [0.4, 0.5) is 5.69 Å². The molecule has 0 amide bonds. The molecule has 2 unspecified atom stereocenters. The van der Waals surface area contributed by atoms with Gasteiger partial charge < -0.3 is 24.3 Å². The van der Waals surface area contributed by atoms with Gasteiger partial charge in [-0.25, -0.2) is 0 Å². The summed E-state index contributed by atoms with van der Waals surface area (Å²) in [6.07, 6.45) is -0.624. The predicted molar refractivity (Wildman–Crippen MR) is 155 cm³/mol. The fourth-order valence-electron chi connectivity index (χ4n) is 4.97. The van der Waals surface area contributed by atoms with E-state index < -0.39 is 5.60 Å². The number of hydrogen-bond donors (Lipinski definition) is 1. The van der Waals surface area contributed by atoms with E-state index in [2.05, 4.69) is 80.7 Å². The van der Waals surface area contributed by atoms with Crippen LogP contribution in [-0.4, -0.2) is 18.8 Å². The van der Waals surface area contributed by atoms with Gasteiger partial charge in [-0.3, -0.25) is 0 Å². The number of rotatable bonds is 10. The molecule has 0 fully saturated rings. The molecular formula is C34H37NO4. The third-order valence-electron chi connectivity index (χ3n) is 7.26. The number of methoxy groups -OCH3 is 1. The largest absolute Gasteiger partial charge is 0.497 e. The molecule has 0 bridgehead atoms. The molecule has 0 saturated heterocycles. The van der Waals surface area contributed by atoms with Crippen LogP contribution in [0.15, 0.2) is 97.1 Å². The van der Waals surface area contributed by atoms with Gasteiger partial charge in [-0.15, -0.1) is 0 Å². The van der Waals surface area contributed by atoms with Crippen molar-refractivity contribution in [2.24, 2.45) is 0 Å². The lowest BCUT2D eigenvalue weighted by Crippen LogP contribution is -2.51. The molecule has 5 rings (SSSR count). The smallest absolute Gasteiger partial charge is 0.132 e. The molecule has 2 atom stereocenters. The molecule has 202 valence electrons. The number of hydrogen-bond acceptors (Lipinski definition) is 5. The lowest BCUT2D eigenvalue weighted by Gasteiger charge is -2.44. The lowest BCUT2D eigenvalue weighted by atomic mass is 9.87. The first-order valence-electron chi connectivity index (χ1n) is 13.4. The molecule has 39 heavy (non-hydrogen) atoms. The Morgan fingerprint density at radius 2 is 1.54 bits per heavy atom. The quantitative estimate of drug-likeness (QED) is 0.232. The highest BCUT2D eigenvalue weighted by Gasteiger charge is 2.45. The van der Waals surface area contributed by atoms with Gasteiger partial charge in [-0.2, -0.15) is 0 Å². The summed E-state index contributed by atoms with van der Waals surface area (Å²) in [4.78, 5) is 0. The van der Waals surface area contributed by atoms with Crippen LogP contribution in [-0.2, 0) is 29.2 Å². The molecule has 0 saturated carbocycles. The molecule has 5 nitrogen and oxygen atoms in total. The van der Waals surface area contributed by atoms with Crippen molar-refractivity contribution >= 4 is 5.69 Å². The van der Waals surface area contributed by atoms with Crippen molar-refractivity contribution in [2.45, 2.75) is 58.3 Å². The molecular weight excluding hydrogens is 486 g/mol. The van der Waals surface area contributed by atoms with E-state index in [9.17, 15) is 0 Å². The Kier molecular flexibility index (Phi) is 8.20.